The van der Waals surface area contributed by atoms with Gasteiger partial charge in [-0.3, -0.25) is 0 Å². The normalized spacial score (nSPS) is 19.4. The highest BCUT2D eigenvalue weighted by atomic mass is 16.5. The van der Waals surface area contributed by atoms with Crippen LogP contribution < -0.4 is 5.32 Å². The van der Waals surface area contributed by atoms with Crippen molar-refractivity contribution in [2.75, 3.05) is 19.8 Å². The molecule has 1 atom stereocenters. The van der Waals surface area contributed by atoms with Crippen LogP contribution in [0.4, 0.5) is 0 Å². The summed E-state index contributed by atoms with van der Waals surface area (Å²) in [6.07, 6.45) is 18.0. The van der Waals surface area contributed by atoms with Crippen molar-refractivity contribution < 1.29 is 4.74 Å². The third-order valence-corrected chi connectivity index (χ3v) is 4.37. The first-order valence-electron chi connectivity index (χ1n) is 9.24. The van der Waals surface area contributed by atoms with Crippen LogP contribution in [0.1, 0.15) is 90.4 Å². The van der Waals surface area contributed by atoms with Crippen LogP contribution in [0.5, 0.6) is 0 Å². The highest BCUT2D eigenvalue weighted by molar-refractivity contribution is 4.71. The molecular weight excluding hydrogens is 246 g/mol. The van der Waals surface area contributed by atoms with Gasteiger partial charge in [0.15, 0.2) is 0 Å². The van der Waals surface area contributed by atoms with Gasteiger partial charge in [-0.15, -0.1) is 0 Å². The Bertz CT molecular complexity index is 190. The Hall–Kier alpha value is -0.0800. The fourth-order valence-electron chi connectivity index (χ4n) is 2.98. The van der Waals surface area contributed by atoms with Gasteiger partial charge in [-0.2, -0.15) is 0 Å². The molecule has 0 aromatic carbocycles. The number of unbranched alkanes of at least 4 members (excludes halogenated alkanes) is 9. The molecule has 1 N–H and O–H groups in total. The Morgan fingerprint density at radius 1 is 0.850 bits per heavy atom. The third-order valence-electron chi connectivity index (χ3n) is 4.37. The van der Waals surface area contributed by atoms with Gasteiger partial charge in [-0.1, -0.05) is 71.1 Å². The van der Waals surface area contributed by atoms with Crippen LogP contribution in [-0.2, 0) is 4.74 Å². The predicted molar refractivity (Wildman–Crippen MR) is 88.3 cm³/mol. The summed E-state index contributed by atoms with van der Waals surface area (Å²) in [5, 5.41) is 3.53. The quantitative estimate of drug-likeness (QED) is 0.477. The summed E-state index contributed by atoms with van der Waals surface area (Å²) in [7, 11) is 0. The van der Waals surface area contributed by atoms with E-state index in [1.54, 1.807) is 0 Å². The molecule has 0 aliphatic carbocycles. The van der Waals surface area contributed by atoms with Gasteiger partial charge >= 0.3 is 0 Å². The fourth-order valence-corrected chi connectivity index (χ4v) is 2.98. The van der Waals surface area contributed by atoms with Gasteiger partial charge in [0.2, 0.25) is 0 Å². The van der Waals surface area contributed by atoms with Crippen LogP contribution in [0.3, 0.4) is 0 Å². The molecule has 0 aromatic heterocycles. The maximum Gasteiger partial charge on any atom is 0.0619 e. The maximum atomic E-state index is 5.78. The highest BCUT2D eigenvalue weighted by Crippen LogP contribution is 2.11. The number of rotatable bonds is 13. The second-order valence-electron chi connectivity index (χ2n) is 6.40. The number of ether oxygens (including phenoxy) is 1. The van der Waals surface area contributed by atoms with Crippen LogP contribution in [0.25, 0.3) is 0 Å². The zero-order valence-electron chi connectivity index (χ0n) is 13.8. The molecule has 0 aromatic rings. The SMILES string of the molecule is CCCCCCCCCCCCOCC1CCCCN1. The standard InChI is InChI=1S/C18H37NO/c1-2-3-4-5-6-7-8-9-10-13-16-20-17-18-14-11-12-15-19-18/h18-19H,2-17H2,1H3. The molecule has 1 aliphatic rings. The summed E-state index contributed by atoms with van der Waals surface area (Å²) in [6, 6.07) is 0.631. The van der Waals surface area contributed by atoms with Gasteiger partial charge in [0, 0.05) is 12.6 Å². The molecule has 1 fully saturated rings. The summed E-state index contributed by atoms with van der Waals surface area (Å²) in [5.74, 6) is 0. The number of piperidine rings is 1. The summed E-state index contributed by atoms with van der Waals surface area (Å²) >= 11 is 0. The van der Waals surface area contributed by atoms with E-state index in [-0.39, 0.29) is 0 Å². The van der Waals surface area contributed by atoms with E-state index < -0.39 is 0 Å². The Labute approximate surface area is 127 Å². The first kappa shape index (κ1) is 18.0. The van der Waals surface area contributed by atoms with E-state index in [1.807, 2.05) is 0 Å². The molecule has 0 saturated carbocycles. The Morgan fingerprint density at radius 2 is 1.50 bits per heavy atom. The first-order valence-corrected chi connectivity index (χ1v) is 9.24. The first-order chi connectivity index (χ1) is 9.93. The molecule has 0 bridgehead atoms. The van der Waals surface area contributed by atoms with E-state index in [9.17, 15) is 0 Å². The second kappa shape index (κ2) is 13.9. The molecule has 1 unspecified atom stereocenters. The van der Waals surface area contributed by atoms with Crippen molar-refractivity contribution in [3.63, 3.8) is 0 Å². The topological polar surface area (TPSA) is 21.3 Å². The van der Waals surface area contributed by atoms with Crippen LogP contribution in [-0.4, -0.2) is 25.8 Å². The summed E-state index contributed by atoms with van der Waals surface area (Å²) in [6.45, 7) is 5.37. The van der Waals surface area contributed by atoms with E-state index in [1.165, 1.54) is 90.0 Å². The molecule has 1 aliphatic heterocycles. The summed E-state index contributed by atoms with van der Waals surface area (Å²) < 4.78 is 5.78. The lowest BCUT2D eigenvalue weighted by molar-refractivity contribution is 0.0997. The van der Waals surface area contributed by atoms with Crippen LogP contribution >= 0.6 is 0 Å². The maximum absolute atomic E-state index is 5.78. The minimum absolute atomic E-state index is 0.631. The third kappa shape index (κ3) is 10.7. The number of hydrogen-bond acceptors (Lipinski definition) is 2. The van der Waals surface area contributed by atoms with Gasteiger partial charge in [-0.25, -0.2) is 0 Å². The Morgan fingerprint density at radius 3 is 2.10 bits per heavy atom. The van der Waals surface area contributed by atoms with Crippen LogP contribution in [0, 0.1) is 0 Å². The van der Waals surface area contributed by atoms with Crippen molar-refractivity contribution in [1.29, 1.82) is 0 Å². The lowest BCUT2D eigenvalue weighted by atomic mass is 10.1. The molecular formula is C18H37NO. The van der Waals surface area contributed by atoms with Gasteiger partial charge in [0.05, 0.1) is 6.61 Å². The average molecular weight is 283 g/mol. The number of hydrogen-bond donors (Lipinski definition) is 1. The monoisotopic (exact) mass is 283 g/mol. The Balaban J connectivity index is 1.70. The minimum atomic E-state index is 0.631. The smallest absolute Gasteiger partial charge is 0.0619 e. The molecule has 0 radical (unpaired) electrons. The molecule has 1 rings (SSSR count). The molecule has 120 valence electrons. The summed E-state index contributed by atoms with van der Waals surface area (Å²) in [5.41, 5.74) is 0. The molecule has 20 heavy (non-hydrogen) atoms. The van der Waals surface area contributed by atoms with Crippen molar-refractivity contribution >= 4 is 0 Å². The zero-order valence-corrected chi connectivity index (χ0v) is 13.8. The van der Waals surface area contributed by atoms with Gasteiger partial charge < -0.3 is 10.1 Å². The van der Waals surface area contributed by atoms with E-state index in [0.29, 0.717) is 6.04 Å². The zero-order chi connectivity index (χ0) is 14.3. The van der Waals surface area contributed by atoms with Crippen molar-refractivity contribution in [3.8, 4) is 0 Å². The highest BCUT2D eigenvalue weighted by Gasteiger charge is 2.11. The van der Waals surface area contributed by atoms with Crippen LogP contribution in [0.15, 0.2) is 0 Å². The largest absolute Gasteiger partial charge is 0.380 e. The molecule has 2 nitrogen and oxygen atoms in total. The number of nitrogens with one attached hydrogen (secondary N) is 1. The van der Waals surface area contributed by atoms with Gasteiger partial charge in [0.1, 0.15) is 0 Å². The molecule has 1 saturated heterocycles. The molecule has 1 heterocycles. The van der Waals surface area contributed by atoms with E-state index in [4.69, 9.17) is 4.74 Å². The second-order valence-corrected chi connectivity index (χ2v) is 6.40. The van der Waals surface area contributed by atoms with Gasteiger partial charge in [0.25, 0.3) is 0 Å². The van der Waals surface area contributed by atoms with E-state index in [0.717, 1.165) is 13.2 Å². The Kier molecular flexibility index (Phi) is 12.5. The van der Waals surface area contributed by atoms with E-state index >= 15 is 0 Å². The van der Waals surface area contributed by atoms with Crippen molar-refractivity contribution in [3.05, 3.63) is 0 Å². The average Bonchev–Trinajstić information content (AvgIpc) is 2.49. The van der Waals surface area contributed by atoms with Crippen molar-refractivity contribution in [2.24, 2.45) is 0 Å². The van der Waals surface area contributed by atoms with Crippen LogP contribution in [0.2, 0.25) is 0 Å². The molecule has 0 amide bonds. The molecule has 2 heteroatoms. The van der Waals surface area contributed by atoms with Gasteiger partial charge in [-0.05, 0) is 25.8 Å². The lowest BCUT2D eigenvalue weighted by Crippen LogP contribution is -2.37. The fraction of sp³-hybridized carbons (Fsp3) is 1.00. The molecule has 0 spiro atoms. The lowest BCUT2D eigenvalue weighted by Gasteiger charge is -2.23. The van der Waals surface area contributed by atoms with Crippen molar-refractivity contribution in [2.45, 2.75) is 96.4 Å². The van der Waals surface area contributed by atoms with Crippen molar-refractivity contribution in [1.82, 2.24) is 5.32 Å². The minimum Gasteiger partial charge on any atom is -0.380 e. The predicted octanol–water partition coefficient (Wildman–Crippen LogP) is 5.07. The summed E-state index contributed by atoms with van der Waals surface area (Å²) in [4.78, 5) is 0. The van der Waals surface area contributed by atoms with E-state index in [2.05, 4.69) is 12.2 Å².